The molecule has 0 saturated heterocycles. The third-order valence-electron chi connectivity index (χ3n) is 4.64. The third-order valence-corrected chi connectivity index (χ3v) is 5.01. The van der Waals surface area contributed by atoms with Crippen LogP contribution in [0.4, 0.5) is 10.5 Å². The number of hydrogen-bond donors (Lipinski definition) is 4. The van der Waals surface area contributed by atoms with Crippen molar-refractivity contribution >= 4 is 36.2 Å². The molecule has 3 N–H and O–H groups in total. The van der Waals surface area contributed by atoms with Gasteiger partial charge in [-0.1, -0.05) is 36.8 Å². The Bertz CT molecular complexity index is 1090. The molecule has 0 heterocycles. The minimum Gasteiger partial charge on any atom is -0.508 e. The Balaban J connectivity index is 2.41. The number of aryl methyl sites for hydroxylation is 1. The monoisotopic (exact) mass is 483 g/mol. The average molecular weight is 484 g/mol. The van der Waals surface area contributed by atoms with E-state index in [-0.39, 0.29) is 17.1 Å². The number of rotatable bonds is 7. The standard InChI is InChI=1S/C25H29N3O5S/c1-6-28(23(31)20(15-34)27-24(32)33-25(3,4)5)21(17-11-9-12-18(29)14-17)22(30)26-19-13-8-7-10-16(19)2/h1,7-14,20-21,29,34H,15H2,2-5H3,(H,26,30)(H,27,32). The molecule has 2 rings (SSSR count). The molecular formula is C25H29N3O5S. The van der Waals surface area contributed by atoms with E-state index in [0.29, 0.717) is 5.69 Å². The number of benzene rings is 2. The molecule has 0 aromatic heterocycles. The van der Waals surface area contributed by atoms with Gasteiger partial charge in [-0.25, -0.2) is 4.79 Å². The summed E-state index contributed by atoms with van der Waals surface area (Å²) in [7, 11) is 0. The van der Waals surface area contributed by atoms with E-state index in [1.807, 2.05) is 19.1 Å². The molecule has 8 nitrogen and oxygen atoms in total. The highest BCUT2D eigenvalue weighted by Crippen LogP contribution is 2.27. The maximum atomic E-state index is 13.4. The molecular weight excluding hydrogens is 454 g/mol. The smallest absolute Gasteiger partial charge is 0.408 e. The molecule has 0 aliphatic heterocycles. The number of ether oxygens (including phenoxy) is 1. The number of aromatic hydroxyl groups is 1. The minimum absolute atomic E-state index is 0.0948. The van der Waals surface area contributed by atoms with Crippen LogP contribution in [0.25, 0.3) is 0 Å². The zero-order chi connectivity index (χ0) is 25.5. The van der Waals surface area contributed by atoms with Crippen LogP contribution in [0.2, 0.25) is 0 Å². The minimum atomic E-state index is -1.30. The van der Waals surface area contributed by atoms with E-state index in [9.17, 15) is 19.5 Å². The van der Waals surface area contributed by atoms with E-state index in [4.69, 9.17) is 11.2 Å². The molecule has 0 radical (unpaired) electrons. The van der Waals surface area contributed by atoms with E-state index in [1.165, 1.54) is 18.2 Å². The topological polar surface area (TPSA) is 108 Å². The van der Waals surface area contributed by atoms with Gasteiger partial charge in [-0.15, -0.1) is 0 Å². The number of carbonyl (C=O) groups excluding carboxylic acids is 3. The van der Waals surface area contributed by atoms with Gasteiger partial charge in [-0.3, -0.25) is 14.5 Å². The van der Waals surface area contributed by atoms with Gasteiger partial charge in [0.25, 0.3) is 11.8 Å². The molecule has 2 unspecified atom stereocenters. The SMILES string of the molecule is C#CN(C(=O)C(CS)NC(=O)OC(C)(C)C)C(C(=O)Nc1ccccc1C)c1cccc(O)c1. The number of alkyl carbamates (subject to hydrolysis) is 1. The highest BCUT2D eigenvalue weighted by atomic mass is 32.1. The van der Waals surface area contributed by atoms with Crippen LogP contribution in [0.1, 0.15) is 37.9 Å². The summed E-state index contributed by atoms with van der Waals surface area (Å²) < 4.78 is 5.22. The summed E-state index contributed by atoms with van der Waals surface area (Å²) in [5.74, 6) is -1.53. The summed E-state index contributed by atoms with van der Waals surface area (Å²) >= 11 is 4.17. The van der Waals surface area contributed by atoms with Crippen LogP contribution in [0, 0.1) is 19.4 Å². The van der Waals surface area contributed by atoms with Gasteiger partial charge in [0.1, 0.15) is 23.4 Å². The van der Waals surface area contributed by atoms with Crippen molar-refractivity contribution in [2.45, 2.75) is 45.4 Å². The number of nitrogens with zero attached hydrogens (tertiary/aromatic N) is 1. The molecule has 2 aromatic rings. The normalized spacial score (nSPS) is 12.6. The van der Waals surface area contributed by atoms with Crippen LogP contribution in [-0.4, -0.2) is 45.3 Å². The highest BCUT2D eigenvalue weighted by Gasteiger charge is 2.35. The van der Waals surface area contributed by atoms with Gasteiger partial charge in [0.15, 0.2) is 0 Å². The largest absolute Gasteiger partial charge is 0.508 e. The van der Waals surface area contributed by atoms with Crippen molar-refractivity contribution in [1.82, 2.24) is 10.2 Å². The van der Waals surface area contributed by atoms with Crippen molar-refractivity contribution in [3.8, 4) is 18.2 Å². The van der Waals surface area contributed by atoms with Crippen LogP contribution in [0.5, 0.6) is 5.75 Å². The molecule has 0 aliphatic rings. The number of nitrogens with one attached hydrogen (secondary N) is 2. The summed E-state index contributed by atoms with van der Waals surface area (Å²) in [6.07, 6.45) is 4.86. The molecule has 2 atom stereocenters. The fourth-order valence-electron chi connectivity index (χ4n) is 3.10. The van der Waals surface area contributed by atoms with Gasteiger partial charge < -0.3 is 20.5 Å². The van der Waals surface area contributed by atoms with Gasteiger partial charge in [0.2, 0.25) is 0 Å². The molecule has 9 heteroatoms. The fraction of sp³-hybridized carbons (Fsp3) is 0.320. The van der Waals surface area contributed by atoms with Crippen LogP contribution < -0.4 is 10.6 Å². The van der Waals surface area contributed by atoms with Crippen LogP contribution in [0.3, 0.4) is 0 Å². The Morgan fingerprint density at radius 1 is 1.18 bits per heavy atom. The Morgan fingerprint density at radius 3 is 2.41 bits per heavy atom. The summed E-state index contributed by atoms with van der Waals surface area (Å²) in [6, 6.07) is 12.8. The molecule has 0 fully saturated rings. The molecule has 3 amide bonds. The van der Waals surface area contributed by atoms with Crippen molar-refractivity contribution in [3.05, 3.63) is 59.7 Å². The number of phenolic OH excluding ortho intramolecular Hbond substituents is 1. The highest BCUT2D eigenvalue weighted by molar-refractivity contribution is 7.80. The van der Waals surface area contributed by atoms with Crippen molar-refractivity contribution in [2.24, 2.45) is 0 Å². The van der Waals surface area contributed by atoms with Crippen molar-refractivity contribution in [1.29, 1.82) is 0 Å². The molecule has 0 saturated carbocycles. The molecule has 0 bridgehead atoms. The summed E-state index contributed by atoms with van der Waals surface area (Å²) in [6.45, 7) is 6.88. The maximum absolute atomic E-state index is 13.4. The lowest BCUT2D eigenvalue weighted by molar-refractivity contribution is -0.136. The number of carbonyl (C=O) groups is 3. The number of amides is 3. The van der Waals surface area contributed by atoms with Crippen molar-refractivity contribution in [3.63, 3.8) is 0 Å². The Kier molecular flexibility index (Phi) is 8.98. The lowest BCUT2D eigenvalue weighted by Gasteiger charge is -2.30. The predicted octanol–water partition coefficient (Wildman–Crippen LogP) is 3.62. The number of terminal acetylenes is 1. The van der Waals surface area contributed by atoms with E-state index in [1.54, 1.807) is 39.0 Å². The van der Waals surface area contributed by atoms with Gasteiger partial charge in [-0.05, 0) is 57.0 Å². The van der Waals surface area contributed by atoms with E-state index in [0.717, 1.165) is 10.5 Å². The number of thiol groups is 1. The first kappa shape index (κ1) is 26.6. The second kappa shape index (κ2) is 11.5. The van der Waals surface area contributed by atoms with Crippen LogP contribution in [-0.2, 0) is 14.3 Å². The molecule has 34 heavy (non-hydrogen) atoms. The lowest BCUT2D eigenvalue weighted by Crippen LogP contribution is -2.51. The van der Waals surface area contributed by atoms with Gasteiger partial charge in [-0.2, -0.15) is 12.6 Å². The van der Waals surface area contributed by atoms with Gasteiger partial charge >= 0.3 is 6.09 Å². The van der Waals surface area contributed by atoms with Gasteiger partial charge in [0, 0.05) is 17.5 Å². The summed E-state index contributed by atoms with van der Waals surface area (Å²) in [4.78, 5) is 39.9. The molecule has 0 spiro atoms. The van der Waals surface area contributed by atoms with Crippen LogP contribution >= 0.6 is 12.6 Å². The number of phenols is 1. The summed E-state index contributed by atoms with van der Waals surface area (Å²) in [5, 5.41) is 15.2. The first-order valence-electron chi connectivity index (χ1n) is 10.5. The number of para-hydroxylation sites is 1. The second-order valence-electron chi connectivity index (χ2n) is 8.52. The average Bonchev–Trinajstić information content (AvgIpc) is 2.75. The first-order chi connectivity index (χ1) is 16.0. The first-order valence-corrected chi connectivity index (χ1v) is 11.1. The predicted molar refractivity (Wildman–Crippen MR) is 133 cm³/mol. The number of hydrogen-bond acceptors (Lipinski definition) is 6. The lowest BCUT2D eigenvalue weighted by atomic mass is 10.0. The molecule has 180 valence electrons. The Morgan fingerprint density at radius 2 is 1.85 bits per heavy atom. The van der Waals surface area contributed by atoms with E-state index >= 15 is 0 Å². The Hall–Kier alpha value is -3.64. The third kappa shape index (κ3) is 7.18. The molecule has 0 aliphatic carbocycles. The van der Waals surface area contributed by atoms with Crippen LogP contribution in [0.15, 0.2) is 48.5 Å². The van der Waals surface area contributed by atoms with E-state index < -0.39 is 35.6 Å². The second-order valence-corrected chi connectivity index (χ2v) is 8.89. The maximum Gasteiger partial charge on any atom is 0.408 e. The van der Waals surface area contributed by atoms with E-state index in [2.05, 4.69) is 29.3 Å². The molecule has 2 aromatic carbocycles. The number of anilines is 1. The Labute approximate surface area is 205 Å². The van der Waals surface area contributed by atoms with Gasteiger partial charge in [0.05, 0.1) is 0 Å². The zero-order valence-electron chi connectivity index (χ0n) is 19.5. The van der Waals surface area contributed by atoms with Crippen molar-refractivity contribution < 1.29 is 24.2 Å². The quantitative estimate of drug-likeness (QED) is 0.273. The van der Waals surface area contributed by atoms with Crippen molar-refractivity contribution in [2.75, 3.05) is 11.1 Å². The zero-order valence-corrected chi connectivity index (χ0v) is 20.4. The summed E-state index contributed by atoms with van der Waals surface area (Å²) in [5.41, 5.74) is 0.855. The fourth-order valence-corrected chi connectivity index (χ4v) is 3.34.